The normalized spacial score (nSPS) is 16.7. The smallest absolute Gasteiger partial charge is 0.134 e. The molecule has 0 amide bonds. The molecule has 1 aliphatic carbocycles. The summed E-state index contributed by atoms with van der Waals surface area (Å²) in [7, 11) is 0. The second-order valence-corrected chi connectivity index (χ2v) is 5.60. The van der Waals surface area contributed by atoms with Gasteiger partial charge in [0.05, 0.1) is 0 Å². The van der Waals surface area contributed by atoms with E-state index < -0.39 is 0 Å². The van der Waals surface area contributed by atoms with Crippen LogP contribution in [0.3, 0.4) is 0 Å². The zero-order chi connectivity index (χ0) is 13.2. The molecular weight excluding hydrogens is 224 g/mol. The summed E-state index contributed by atoms with van der Waals surface area (Å²) >= 11 is 0. The predicted octanol–water partition coefficient (Wildman–Crippen LogP) is 3.06. The Labute approximate surface area is 110 Å². The zero-order valence-electron chi connectivity index (χ0n) is 11.9. The van der Waals surface area contributed by atoms with Gasteiger partial charge in [-0.25, -0.2) is 9.97 Å². The molecule has 4 heteroatoms. The fourth-order valence-corrected chi connectivity index (χ4v) is 2.35. The van der Waals surface area contributed by atoms with Crippen LogP contribution in [0.1, 0.15) is 39.2 Å². The summed E-state index contributed by atoms with van der Waals surface area (Å²) in [5, 5.41) is 6.77. The van der Waals surface area contributed by atoms with E-state index in [4.69, 9.17) is 0 Å². The molecule has 4 nitrogen and oxygen atoms in total. The van der Waals surface area contributed by atoms with Crippen LogP contribution in [0.15, 0.2) is 6.33 Å². The molecule has 100 valence electrons. The minimum absolute atomic E-state index is 0.496. The Balaban J connectivity index is 2.03. The number of nitrogens with zero attached hydrogens (tertiary/aromatic N) is 2. The number of hydrogen-bond acceptors (Lipinski definition) is 4. The van der Waals surface area contributed by atoms with Gasteiger partial charge in [0.1, 0.15) is 18.0 Å². The van der Waals surface area contributed by atoms with Crippen molar-refractivity contribution < 1.29 is 0 Å². The second-order valence-electron chi connectivity index (χ2n) is 5.60. The minimum atomic E-state index is 0.496. The summed E-state index contributed by atoms with van der Waals surface area (Å²) < 4.78 is 0. The van der Waals surface area contributed by atoms with E-state index in [9.17, 15) is 0 Å². The molecule has 0 saturated heterocycles. The van der Waals surface area contributed by atoms with Crippen molar-refractivity contribution in [1.29, 1.82) is 0 Å². The van der Waals surface area contributed by atoms with Gasteiger partial charge in [-0.05, 0) is 38.0 Å². The molecule has 0 radical (unpaired) electrons. The van der Waals surface area contributed by atoms with E-state index in [2.05, 4.69) is 48.3 Å². The molecule has 1 heterocycles. The monoisotopic (exact) mass is 248 g/mol. The highest BCUT2D eigenvalue weighted by atomic mass is 15.1. The molecule has 18 heavy (non-hydrogen) atoms. The highest BCUT2D eigenvalue weighted by Crippen LogP contribution is 2.51. The zero-order valence-corrected chi connectivity index (χ0v) is 11.9. The molecule has 0 spiro atoms. The van der Waals surface area contributed by atoms with Crippen molar-refractivity contribution in [1.82, 2.24) is 9.97 Å². The first kappa shape index (κ1) is 13.1. The van der Waals surface area contributed by atoms with E-state index in [0.29, 0.717) is 5.41 Å². The van der Waals surface area contributed by atoms with Crippen molar-refractivity contribution in [3.05, 3.63) is 11.9 Å². The van der Waals surface area contributed by atoms with Crippen molar-refractivity contribution in [3.8, 4) is 0 Å². The Hall–Kier alpha value is -1.32. The van der Waals surface area contributed by atoms with Crippen molar-refractivity contribution in [2.24, 2.45) is 11.3 Å². The molecule has 1 fully saturated rings. The lowest BCUT2D eigenvalue weighted by atomic mass is 9.92. The van der Waals surface area contributed by atoms with Crippen LogP contribution >= 0.6 is 0 Å². The maximum atomic E-state index is 4.35. The topological polar surface area (TPSA) is 49.8 Å². The Morgan fingerprint density at radius 1 is 1.22 bits per heavy atom. The van der Waals surface area contributed by atoms with Gasteiger partial charge in [-0.2, -0.15) is 0 Å². The van der Waals surface area contributed by atoms with Gasteiger partial charge in [0, 0.05) is 18.7 Å². The van der Waals surface area contributed by atoms with Gasteiger partial charge in [-0.3, -0.25) is 0 Å². The van der Waals surface area contributed by atoms with Gasteiger partial charge in [0.15, 0.2) is 0 Å². The van der Waals surface area contributed by atoms with Crippen molar-refractivity contribution in [3.63, 3.8) is 0 Å². The fourth-order valence-electron chi connectivity index (χ4n) is 2.35. The van der Waals surface area contributed by atoms with Crippen LogP contribution < -0.4 is 10.6 Å². The quantitative estimate of drug-likeness (QED) is 0.812. The molecule has 1 aromatic rings. The lowest BCUT2D eigenvalue weighted by Gasteiger charge is -2.21. The molecule has 0 atom stereocenters. The van der Waals surface area contributed by atoms with Crippen LogP contribution in [0.5, 0.6) is 0 Å². The summed E-state index contributed by atoms with van der Waals surface area (Å²) in [5.74, 6) is 2.64. The van der Waals surface area contributed by atoms with Crippen molar-refractivity contribution >= 4 is 11.6 Å². The highest BCUT2D eigenvalue weighted by molar-refractivity contribution is 5.56. The average Bonchev–Trinajstić information content (AvgIpc) is 3.12. The first-order valence-corrected chi connectivity index (χ1v) is 6.88. The lowest BCUT2D eigenvalue weighted by molar-refractivity contribution is 0.380. The Bertz CT molecular complexity index is 410. The van der Waals surface area contributed by atoms with Gasteiger partial charge >= 0.3 is 0 Å². The molecule has 2 N–H and O–H groups in total. The first-order chi connectivity index (χ1) is 8.59. The van der Waals surface area contributed by atoms with E-state index in [1.165, 1.54) is 12.8 Å². The van der Waals surface area contributed by atoms with Crippen LogP contribution in [0.4, 0.5) is 11.6 Å². The molecule has 0 unspecified atom stereocenters. The number of rotatable bonds is 6. The van der Waals surface area contributed by atoms with E-state index in [0.717, 1.165) is 36.2 Å². The SMILES string of the molecule is CCNc1ncnc(NCC2(C(C)C)CC2)c1C. The largest absolute Gasteiger partial charge is 0.370 e. The third-order valence-corrected chi connectivity index (χ3v) is 4.15. The molecule has 1 aliphatic rings. The summed E-state index contributed by atoms with van der Waals surface area (Å²) in [6.45, 7) is 10.7. The molecule has 1 saturated carbocycles. The molecular formula is C14H24N4. The van der Waals surface area contributed by atoms with Crippen molar-refractivity contribution in [2.45, 2.75) is 40.5 Å². The van der Waals surface area contributed by atoms with Gasteiger partial charge in [0.25, 0.3) is 0 Å². The number of nitrogens with one attached hydrogen (secondary N) is 2. The van der Waals surface area contributed by atoms with Gasteiger partial charge in [-0.15, -0.1) is 0 Å². The molecule has 1 aromatic heterocycles. The third kappa shape index (κ3) is 2.57. The molecule has 0 aromatic carbocycles. The lowest BCUT2D eigenvalue weighted by Crippen LogP contribution is -2.22. The Morgan fingerprint density at radius 2 is 1.83 bits per heavy atom. The Kier molecular flexibility index (Phi) is 3.73. The number of aromatic nitrogens is 2. The molecule has 0 bridgehead atoms. The third-order valence-electron chi connectivity index (χ3n) is 4.15. The van der Waals surface area contributed by atoms with Crippen LogP contribution in [0.25, 0.3) is 0 Å². The standard InChI is InChI=1S/C14H24N4/c1-5-15-12-11(4)13(18-9-17-12)16-8-14(6-7-14)10(2)3/h9-10H,5-8H2,1-4H3,(H2,15,16,17,18). The number of anilines is 2. The predicted molar refractivity (Wildman–Crippen MR) is 75.9 cm³/mol. The molecule has 0 aliphatic heterocycles. The van der Waals surface area contributed by atoms with Crippen LogP contribution in [-0.2, 0) is 0 Å². The van der Waals surface area contributed by atoms with Gasteiger partial charge in [0.2, 0.25) is 0 Å². The summed E-state index contributed by atoms with van der Waals surface area (Å²) in [6, 6.07) is 0. The second kappa shape index (κ2) is 5.12. The maximum absolute atomic E-state index is 4.35. The summed E-state index contributed by atoms with van der Waals surface area (Å²) in [4.78, 5) is 8.61. The van der Waals surface area contributed by atoms with Crippen LogP contribution in [0, 0.1) is 18.3 Å². The Morgan fingerprint density at radius 3 is 2.33 bits per heavy atom. The van der Waals surface area contributed by atoms with E-state index >= 15 is 0 Å². The van der Waals surface area contributed by atoms with Crippen LogP contribution in [0.2, 0.25) is 0 Å². The van der Waals surface area contributed by atoms with E-state index in [1.54, 1.807) is 6.33 Å². The van der Waals surface area contributed by atoms with Gasteiger partial charge in [-0.1, -0.05) is 13.8 Å². The average molecular weight is 248 g/mol. The van der Waals surface area contributed by atoms with E-state index in [-0.39, 0.29) is 0 Å². The molecule has 2 rings (SSSR count). The van der Waals surface area contributed by atoms with E-state index in [1.807, 2.05) is 0 Å². The summed E-state index contributed by atoms with van der Waals surface area (Å²) in [6.07, 6.45) is 4.30. The minimum Gasteiger partial charge on any atom is -0.370 e. The maximum Gasteiger partial charge on any atom is 0.134 e. The van der Waals surface area contributed by atoms with Gasteiger partial charge < -0.3 is 10.6 Å². The fraction of sp³-hybridized carbons (Fsp3) is 0.714. The first-order valence-electron chi connectivity index (χ1n) is 6.88. The van der Waals surface area contributed by atoms with Crippen molar-refractivity contribution in [2.75, 3.05) is 23.7 Å². The summed E-state index contributed by atoms with van der Waals surface area (Å²) in [5.41, 5.74) is 1.61. The number of hydrogen-bond donors (Lipinski definition) is 2. The highest BCUT2D eigenvalue weighted by Gasteiger charge is 2.45. The van der Waals surface area contributed by atoms with Crippen LogP contribution in [-0.4, -0.2) is 23.1 Å².